The van der Waals surface area contributed by atoms with Crippen LogP contribution in [0.3, 0.4) is 0 Å². The SMILES string of the molecule is CC(C)(C)C(O)CCc1ccc(-c2ccccc2)cc1. The van der Waals surface area contributed by atoms with Crippen LogP contribution < -0.4 is 0 Å². The average Bonchev–Trinajstić information content (AvgIpc) is 2.45. The third kappa shape index (κ3) is 3.94. The monoisotopic (exact) mass is 268 g/mol. The van der Waals surface area contributed by atoms with Crippen LogP contribution in [0, 0.1) is 5.41 Å². The molecule has 1 unspecified atom stereocenters. The van der Waals surface area contributed by atoms with Crippen molar-refractivity contribution in [2.24, 2.45) is 5.41 Å². The molecule has 0 saturated heterocycles. The van der Waals surface area contributed by atoms with Gasteiger partial charge in [0.15, 0.2) is 0 Å². The Balaban J connectivity index is 1.99. The van der Waals surface area contributed by atoms with E-state index in [0.29, 0.717) is 0 Å². The number of hydrogen-bond acceptors (Lipinski definition) is 1. The molecule has 0 fully saturated rings. The predicted octanol–water partition coefficient (Wildman–Crippen LogP) is 4.69. The van der Waals surface area contributed by atoms with Gasteiger partial charge in [-0.2, -0.15) is 0 Å². The summed E-state index contributed by atoms with van der Waals surface area (Å²) in [6.07, 6.45) is 1.48. The van der Waals surface area contributed by atoms with Crippen LogP contribution in [0.5, 0.6) is 0 Å². The van der Waals surface area contributed by atoms with Crippen molar-refractivity contribution in [3.05, 3.63) is 60.2 Å². The number of aliphatic hydroxyl groups is 1. The van der Waals surface area contributed by atoms with E-state index in [4.69, 9.17) is 0 Å². The molecule has 1 N–H and O–H groups in total. The lowest BCUT2D eigenvalue weighted by molar-refractivity contribution is 0.0560. The second kappa shape index (κ2) is 6.23. The predicted molar refractivity (Wildman–Crippen MR) is 85.7 cm³/mol. The van der Waals surface area contributed by atoms with Crippen LogP contribution in [0.1, 0.15) is 32.8 Å². The minimum atomic E-state index is -0.253. The Morgan fingerprint density at radius 3 is 1.95 bits per heavy atom. The molecule has 0 radical (unpaired) electrons. The molecule has 0 aromatic heterocycles. The van der Waals surface area contributed by atoms with E-state index in [1.54, 1.807) is 0 Å². The van der Waals surface area contributed by atoms with E-state index in [1.807, 2.05) is 6.07 Å². The zero-order valence-corrected chi connectivity index (χ0v) is 12.6. The molecule has 0 aliphatic carbocycles. The highest BCUT2D eigenvalue weighted by Gasteiger charge is 2.21. The minimum absolute atomic E-state index is 0.0377. The number of rotatable bonds is 4. The fraction of sp³-hybridized carbons (Fsp3) is 0.368. The first-order valence-corrected chi connectivity index (χ1v) is 7.29. The third-order valence-electron chi connectivity index (χ3n) is 3.77. The summed E-state index contributed by atoms with van der Waals surface area (Å²) in [6, 6.07) is 19.0. The summed E-state index contributed by atoms with van der Waals surface area (Å²) in [5.74, 6) is 0. The summed E-state index contributed by atoms with van der Waals surface area (Å²) < 4.78 is 0. The lowest BCUT2D eigenvalue weighted by Gasteiger charge is -2.25. The average molecular weight is 268 g/mol. The second-order valence-electron chi connectivity index (χ2n) is 6.48. The van der Waals surface area contributed by atoms with Gasteiger partial charge in [-0.3, -0.25) is 0 Å². The summed E-state index contributed by atoms with van der Waals surface area (Å²) in [6.45, 7) is 6.24. The van der Waals surface area contributed by atoms with Gasteiger partial charge in [-0.05, 0) is 34.9 Å². The van der Waals surface area contributed by atoms with E-state index in [-0.39, 0.29) is 11.5 Å². The van der Waals surface area contributed by atoms with Crippen LogP contribution >= 0.6 is 0 Å². The maximum absolute atomic E-state index is 10.1. The molecule has 1 heteroatoms. The van der Waals surface area contributed by atoms with Gasteiger partial charge < -0.3 is 5.11 Å². The molecule has 0 aliphatic heterocycles. The molecular weight excluding hydrogens is 244 g/mol. The van der Waals surface area contributed by atoms with Crippen LogP contribution in [-0.2, 0) is 6.42 Å². The van der Waals surface area contributed by atoms with Crippen molar-refractivity contribution in [2.45, 2.75) is 39.7 Å². The second-order valence-corrected chi connectivity index (χ2v) is 6.48. The molecule has 20 heavy (non-hydrogen) atoms. The number of aryl methyl sites for hydroxylation is 1. The van der Waals surface area contributed by atoms with Crippen LogP contribution in [0.4, 0.5) is 0 Å². The largest absolute Gasteiger partial charge is 0.393 e. The smallest absolute Gasteiger partial charge is 0.0591 e. The van der Waals surface area contributed by atoms with Crippen molar-refractivity contribution in [3.63, 3.8) is 0 Å². The first-order chi connectivity index (χ1) is 9.47. The van der Waals surface area contributed by atoms with Gasteiger partial charge in [-0.15, -0.1) is 0 Å². The maximum atomic E-state index is 10.1. The maximum Gasteiger partial charge on any atom is 0.0591 e. The Morgan fingerprint density at radius 1 is 0.850 bits per heavy atom. The zero-order chi connectivity index (χ0) is 14.6. The summed E-state index contributed by atoms with van der Waals surface area (Å²) in [4.78, 5) is 0. The zero-order valence-electron chi connectivity index (χ0n) is 12.6. The van der Waals surface area contributed by atoms with Gasteiger partial charge in [0.2, 0.25) is 0 Å². The molecule has 0 bridgehead atoms. The molecule has 2 rings (SSSR count). The lowest BCUT2D eigenvalue weighted by Crippen LogP contribution is -2.26. The minimum Gasteiger partial charge on any atom is -0.393 e. The highest BCUT2D eigenvalue weighted by atomic mass is 16.3. The molecule has 2 aromatic carbocycles. The molecule has 1 atom stereocenters. The van der Waals surface area contributed by atoms with Crippen molar-refractivity contribution in [3.8, 4) is 11.1 Å². The molecule has 0 heterocycles. The van der Waals surface area contributed by atoms with Crippen molar-refractivity contribution >= 4 is 0 Å². The van der Waals surface area contributed by atoms with Crippen LogP contribution in [0.25, 0.3) is 11.1 Å². The van der Waals surface area contributed by atoms with Gasteiger partial charge in [0.05, 0.1) is 6.10 Å². The van der Waals surface area contributed by atoms with Crippen LogP contribution in [0.2, 0.25) is 0 Å². The van der Waals surface area contributed by atoms with Gasteiger partial charge in [0.1, 0.15) is 0 Å². The normalized spacial score (nSPS) is 13.2. The Morgan fingerprint density at radius 2 is 1.40 bits per heavy atom. The van der Waals surface area contributed by atoms with Crippen LogP contribution in [0.15, 0.2) is 54.6 Å². The molecule has 2 aromatic rings. The summed E-state index contributed by atoms with van der Waals surface area (Å²) in [5, 5.41) is 10.1. The number of benzene rings is 2. The van der Waals surface area contributed by atoms with E-state index in [0.717, 1.165) is 12.8 Å². The third-order valence-corrected chi connectivity index (χ3v) is 3.77. The molecule has 0 amide bonds. The quantitative estimate of drug-likeness (QED) is 0.852. The first kappa shape index (κ1) is 14.8. The van der Waals surface area contributed by atoms with Crippen molar-refractivity contribution in [1.82, 2.24) is 0 Å². The Kier molecular flexibility index (Phi) is 4.61. The highest BCUT2D eigenvalue weighted by Crippen LogP contribution is 2.24. The molecule has 106 valence electrons. The molecule has 0 saturated carbocycles. The van der Waals surface area contributed by atoms with Gasteiger partial charge >= 0.3 is 0 Å². The fourth-order valence-corrected chi connectivity index (χ4v) is 2.23. The van der Waals surface area contributed by atoms with E-state index in [1.165, 1.54) is 16.7 Å². The number of aliphatic hydroxyl groups excluding tert-OH is 1. The fourth-order valence-electron chi connectivity index (χ4n) is 2.23. The molecule has 1 nitrogen and oxygen atoms in total. The van der Waals surface area contributed by atoms with E-state index < -0.39 is 0 Å². The van der Waals surface area contributed by atoms with Crippen molar-refractivity contribution in [1.29, 1.82) is 0 Å². The molecule has 0 aliphatic rings. The Labute approximate surface area is 122 Å². The Bertz CT molecular complexity index is 520. The topological polar surface area (TPSA) is 20.2 Å². The lowest BCUT2D eigenvalue weighted by atomic mass is 9.85. The van der Waals surface area contributed by atoms with Gasteiger partial charge in [-0.1, -0.05) is 75.4 Å². The van der Waals surface area contributed by atoms with E-state index >= 15 is 0 Å². The van der Waals surface area contributed by atoms with E-state index in [2.05, 4.69) is 69.3 Å². The standard InChI is InChI=1S/C19H24O/c1-19(2,3)18(20)14-11-15-9-12-17(13-10-15)16-7-5-4-6-8-16/h4-10,12-13,18,20H,11,14H2,1-3H3. The number of hydrogen-bond donors (Lipinski definition) is 1. The Hall–Kier alpha value is -1.60. The molecular formula is C19H24O. The first-order valence-electron chi connectivity index (χ1n) is 7.29. The van der Waals surface area contributed by atoms with Crippen molar-refractivity contribution in [2.75, 3.05) is 0 Å². The van der Waals surface area contributed by atoms with Crippen LogP contribution in [-0.4, -0.2) is 11.2 Å². The van der Waals surface area contributed by atoms with Gasteiger partial charge in [-0.25, -0.2) is 0 Å². The summed E-state index contributed by atoms with van der Waals surface area (Å²) in [5.41, 5.74) is 3.73. The summed E-state index contributed by atoms with van der Waals surface area (Å²) >= 11 is 0. The highest BCUT2D eigenvalue weighted by molar-refractivity contribution is 5.63. The summed E-state index contributed by atoms with van der Waals surface area (Å²) in [7, 11) is 0. The van der Waals surface area contributed by atoms with Gasteiger partial charge in [0, 0.05) is 0 Å². The van der Waals surface area contributed by atoms with E-state index in [9.17, 15) is 5.11 Å². The van der Waals surface area contributed by atoms with Crippen molar-refractivity contribution < 1.29 is 5.11 Å². The van der Waals surface area contributed by atoms with Gasteiger partial charge in [0.25, 0.3) is 0 Å². The molecule has 0 spiro atoms.